The molecule has 0 radical (unpaired) electrons. The van der Waals surface area contributed by atoms with Crippen LogP contribution in [0.25, 0.3) is 0 Å². The van der Waals surface area contributed by atoms with Crippen LogP contribution in [0.5, 0.6) is 0 Å². The van der Waals surface area contributed by atoms with E-state index in [1.54, 1.807) is 13.8 Å². The summed E-state index contributed by atoms with van der Waals surface area (Å²) in [6.45, 7) is 3.46. The second kappa shape index (κ2) is 6.42. The molecule has 2 N–H and O–H groups in total. The van der Waals surface area contributed by atoms with Gasteiger partial charge in [0.2, 0.25) is 0 Å². The summed E-state index contributed by atoms with van der Waals surface area (Å²) in [6.07, 6.45) is 0. The van der Waals surface area contributed by atoms with Crippen LogP contribution in [0, 0.1) is 5.92 Å². The second-order valence-corrected chi connectivity index (χ2v) is 2.75. The van der Waals surface area contributed by atoms with Gasteiger partial charge in [-0.1, -0.05) is 13.8 Å². The molecule has 0 aliphatic rings. The summed E-state index contributed by atoms with van der Waals surface area (Å²) in [7, 11) is 0. The van der Waals surface area contributed by atoms with E-state index in [0.717, 1.165) is 0 Å². The minimum Gasteiger partial charge on any atom is -0.462 e. The molecule has 0 heterocycles. The number of carbonyl (C=O) groups excluding carboxylic acids is 2. The molecular weight excluding hydrogens is 174 g/mol. The lowest BCUT2D eigenvalue weighted by molar-refractivity contribution is -0.153. The van der Waals surface area contributed by atoms with Crippen molar-refractivity contribution in [2.75, 3.05) is 19.8 Å². The van der Waals surface area contributed by atoms with Crippen LogP contribution in [0.15, 0.2) is 0 Å². The van der Waals surface area contributed by atoms with Crippen LogP contribution in [-0.2, 0) is 19.1 Å². The molecule has 0 amide bonds. The summed E-state index contributed by atoms with van der Waals surface area (Å²) in [6, 6.07) is 0. The fourth-order valence-electron chi connectivity index (χ4n) is 0.523. The lowest BCUT2D eigenvalue weighted by Gasteiger charge is -2.06. The molecule has 0 fully saturated rings. The molecule has 0 atom stereocenters. The molecule has 0 saturated heterocycles. The number of ether oxygens (including phenoxy) is 2. The monoisotopic (exact) mass is 189 g/mol. The molecule has 0 aromatic heterocycles. The molecule has 0 rings (SSSR count). The third-order valence-electron chi connectivity index (χ3n) is 1.23. The molecule has 0 aliphatic carbocycles. The first-order valence-corrected chi connectivity index (χ1v) is 4.10. The van der Waals surface area contributed by atoms with Crippen molar-refractivity contribution < 1.29 is 19.1 Å². The summed E-state index contributed by atoms with van der Waals surface area (Å²) in [4.78, 5) is 21.4. The number of carbonyl (C=O) groups is 2. The van der Waals surface area contributed by atoms with Crippen LogP contribution in [0.4, 0.5) is 0 Å². The normalized spacial score (nSPS) is 9.85. The van der Waals surface area contributed by atoms with Gasteiger partial charge >= 0.3 is 11.9 Å². The first kappa shape index (κ1) is 11.9. The van der Waals surface area contributed by atoms with Gasteiger partial charge in [0.05, 0.1) is 12.5 Å². The molecule has 0 aliphatic heterocycles. The van der Waals surface area contributed by atoms with Crippen LogP contribution in [0.2, 0.25) is 0 Å². The SMILES string of the molecule is CC(C)C(=O)OCCOC(=O)CN. The molecule has 76 valence electrons. The Labute approximate surface area is 77.2 Å². The maximum absolute atomic E-state index is 10.9. The Morgan fingerprint density at radius 2 is 1.77 bits per heavy atom. The van der Waals surface area contributed by atoms with Gasteiger partial charge in [0, 0.05) is 0 Å². The molecule has 0 aromatic rings. The van der Waals surface area contributed by atoms with Crippen LogP contribution in [0.3, 0.4) is 0 Å². The zero-order valence-corrected chi connectivity index (χ0v) is 7.91. The van der Waals surface area contributed by atoms with E-state index in [1.165, 1.54) is 0 Å². The van der Waals surface area contributed by atoms with E-state index in [9.17, 15) is 9.59 Å². The topological polar surface area (TPSA) is 78.6 Å². The Hall–Kier alpha value is -1.10. The molecule has 5 nitrogen and oxygen atoms in total. The molecule has 0 saturated carbocycles. The van der Waals surface area contributed by atoms with E-state index in [0.29, 0.717) is 0 Å². The second-order valence-electron chi connectivity index (χ2n) is 2.75. The Morgan fingerprint density at radius 1 is 1.23 bits per heavy atom. The molecule has 0 unspecified atom stereocenters. The average Bonchev–Trinajstić information content (AvgIpc) is 2.11. The number of rotatable bonds is 5. The highest BCUT2D eigenvalue weighted by atomic mass is 16.6. The molecular formula is C8H15NO4. The van der Waals surface area contributed by atoms with Crippen molar-refractivity contribution in [2.24, 2.45) is 11.7 Å². The number of hydrogen-bond acceptors (Lipinski definition) is 5. The average molecular weight is 189 g/mol. The largest absolute Gasteiger partial charge is 0.462 e. The van der Waals surface area contributed by atoms with E-state index < -0.39 is 5.97 Å². The smallest absolute Gasteiger partial charge is 0.319 e. The molecule has 13 heavy (non-hydrogen) atoms. The molecule has 0 bridgehead atoms. The first-order chi connectivity index (χ1) is 6.07. The summed E-state index contributed by atoms with van der Waals surface area (Å²) < 4.78 is 9.32. The van der Waals surface area contributed by atoms with Crippen molar-refractivity contribution in [3.63, 3.8) is 0 Å². The highest BCUT2D eigenvalue weighted by Crippen LogP contribution is 1.95. The quantitative estimate of drug-likeness (QED) is 0.474. The van der Waals surface area contributed by atoms with Gasteiger partial charge in [0.15, 0.2) is 0 Å². The van der Waals surface area contributed by atoms with E-state index in [-0.39, 0.29) is 31.6 Å². The summed E-state index contributed by atoms with van der Waals surface area (Å²) in [5.74, 6) is -0.963. The maximum atomic E-state index is 10.9. The predicted molar refractivity (Wildman–Crippen MR) is 45.8 cm³/mol. The zero-order chi connectivity index (χ0) is 10.3. The van der Waals surface area contributed by atoms with Crippen LogP contribution < -0.4 is 5.73 Å². The predicted octanol–water partition coefficient (Wildman–Crippen LogP) is -0.312. The van der Waals surface area contributed by atoms with Crippen LogP contribution in [0.1, 0.15) is 13.8 Å². The summed E-state index contributed by atoms with van der Waals surface area (Å²) in [5, 5.41) is 0. The van der Waals surface area contributed by atoms with Crippen molar-refractivity contribution in [1.29, 1.82) is 0 Å². The Bertz CT molecular complexity index is 179. The number of nitrogens with two attached hydrogens (primary N) is 1. The van der Waals surface area contributed by atoms with Gasteiger partial charge in [0.1, 0.15) is 13.2 Å². The molecule has 0 spiro atoms. The first-order valence-electron chi connectivity index (χ1n) is 4.10. The third-order valence-corrected chi connectivity index (χ3v) is 1.23. The fraction of sp³-hybridized carbons (Fsp3) is 0.750. The summed E-state index contributed by atoms with van der Waals surface area (Å²) in [5.41, 5.74) is 4.98. The minimum absolute atomic E-state index is 0.0640. The highest BCUT2D eigenvalue weighted by Gasteiger charge is 2.07. The Morgan fingerprint density at radius 3 is 2.23 bits per heavy atom. The summed E-state index contributed by atoms with van der Waals surface area (Å²) >= 11 is 0. The lowest BCUT2D eigenvalue weighted by atomic mass is 10.2. The van der Waals surface area contributed by atoms with Gasteiger partial charge < -0.3 is 15.2 Å². The van der Waals surface area contributed by atoms with Crippen molar-refractivity contribution in [3.8, 4) is 0 Å². The van der Waals surface area contributed by atoms with Gasteiger partial charge in [0.25, 0.3) is 0 Å². The van der Waals surface area contributed by atoms with Gasteiger partial charge in [-0.05, 0) is 0 Å². The minimum atomic E-state index is -0.499. The van der Waals surface area contributed by atoms with Crippen molar-refractivity contribution in [1.82, 2.24) is 0 Å². The van der Waals surface area contributed by atoms with Gasteiger partial charge in [-0.3, -0.25) is 9.59 Å². The van der Waals surface area contributed by atoms with Gasteiger partial charge in [-0.25, -0.2) is 0 Å². The van der Waals surface area contributed by atoms with Crippen molar-refractivity contribution in [3.05, 3.63) is 0 Å². The van der Waals surface area contributed by atoms with E-state index in [2.05, 4.69) is 4.74 Å². The van der Waals surface area contributed by atoms with Crippen molar-refractivity contribution >= 4 is 11.9 Å². The van der Waals surface area contributed by atoms with E-state index in [1.807, 2.05) is 0 Å². The highest BCUT2D eigenvalue weighted by molar-refractivity contribution is 5.72. The number of hydrogen-bond donors (Lipinski definition) is 1. The van der Waals surface area contributed by atoms with E-state index >= 15 is 0 Å². The lowest BCUT2D eigenvalue weighted by Crippen LogP contribution is -2.21. The Kier molecular flexibility index (Phi) is 5.88. The van der Waals surface area contributed by atoms with Gasteiger partial charge in [-0.2, -0.15) is 0 Å². The van der Waals surface area contributed by atoms with Crippen LogP contribution >= 0.6 is 0 Å². The Balaban J connectivity index is 3.36. The van der Waals surface area contributed by atoms with Crippen LogP contribution in [-0.4, -0.2) is 31.7 Å². The zero-order valence-electron chi connectivity index (χ0n) is 7.91. The molecule has 0 aromatic carbocycles. The third kappa shape index (κ3) is 6.10. The maximum Gasteiger partial charge on any atom is 0.319 e. The fourth-order valence-corrected chi connectivity index (χ4v) is 0.523. The number of esters is 2. The van der Waals surface area contributed by atoms with Crippen molar-refractivity contribution in [2.45, 2.75) is 13.8 Å². The standard InChI is InChI=1S/C8H15NO4/c1-6(2)8(11)13-4-3-12-7(10)5-9/h6H,3-5,9H2,1-2H3. The van der Waals surface area contributed by atoms with Gasteiger partial charge in [-0.15, -0.1) is 0 Å². The van der Waals surface area contributed by atoms with E-state index in [4.69, 9.17) is 10.5 Å². The molecule has 5 heteroatoms.